The van der Waals surface area contributed by atoms with Crippen LogP contribution in [0.1, 0.15) is 11.1 Å². The van der Waals surface area contributed by atoms with Crippen LogP contribution in [-0.4, -0.2) is 11.2 Å². The van der Waals surface area contributed by atoms with Gasteiger partial charge < -0.3 is 0 Å². The number of hydrazone groups is 1. The van der Waals surface area contributed by atoms with Gasteiger partial charge in [0.25, 0.3) is 0 Å². The van der Waals surface area contributed by atoms with E-state index in [1.807, 2.05) is 43.3 Å². The number of nitrogens with zero attached hydrogens (tertiary/aromatic N) is 2. The molecule has 0 bridgehead atoms. The molecule has 3 rings (SSSR count). The first-order chi connectivity index (χ1) is 10.6. The number of nitrogens with one attached hydrogen (secondary N) is 1. The average molecular weight is 330 g/mol. The normalized spacial score (nSPS) is 11.2. The summed E-state index contributed by atoms with van der Waals surface area (Å²) in [4.78, 5) is 4.40. The number of aromatic nitrogens is 1. The second kappa shape index (κ2) is 6.34. The quantitative estimate of drug-likeness (QED) is 0.402. The Kier molecular flexibility index (Phi) is 4.27. The van der Waals surface area contributed by atoms with Gasteiger partial charge in [-0.15, -0.1) is 0 Å². The number of aryl methyl sites for hydroxylation is 1. The zero-order chi connectivity index (χ0) is 15.5. The number of hydrogen-bond acceptors (Lipinski definition) is 3. The largest absolute Gasteiger partial charge is 0.279 e. The molecule has 0 atom stereocenters. The molecule has 0 spiro atoms. The number of benzene rings is 2. The summed E-state index contributed by atoms with van der Waals surface area (Å²) in [5, 5.41) is 6.33. The Labute approximate surface area is 138 Å². The van der Waals surface area contributed by atoms with Crippen molar-refractivity contribution in [1.29, 1.82) is 0 Å². The van der Waals surface area contributed by atoms with E-state index in [2.05, 4.69) is 15.5 Å². The minimum absolute atomic E-state index is 0.430. The molecule has 5 heteroatoms. The highest BCUT2D eigenvalue weighted by Crippen LogP contribution is 2.20. The minimum atomic E-state index is 0.430. The van der Waals surface area contributed by atoms with Gasteiger partial charge in [-0.3, -0.25) is 5.43 Å². The molecular weight excluding hydrogens is 317 g/mol. The van der Waals surface area contributed by atoms with Gasteiger partial charge in [-0.25, -0.2) is 4.98 Å². The van der Waals surface area contributed by atoms with Crippen LogP contribution in [0.5, 0.6) is 0 Å². The van der Waals surface area contributed by atoms with Gasteiger partial charge in [0.15, 0.2) is 0 Å². The SMILES string of the molecule is Cc1ccc2cc(/C=N/Nc3ccc(Cl)cc3)c(Cl)nc2c1. The lowest BCUT2D eigenvalue weighted by Crippen LogP contribution is -1.93. The molecule has 22 heavy (non-hydrogen) atoms. The lowest BCUT2D eigenvalue weighted by atomic mass is 10.1. The molecule has 0 unspecified atom stereocenters. The highest BCUT2D eigenvalue weighted by atomic mass is 35.5. The molecule has 0 fully saturated rings. The third kappa shape index (κ3) is 3.38. The zero-order valence-electron chi connectivity index (χ0n) is 11.8. The van der Waals surface area contributed by atoms with Gasteiger partial charge in [-0.2, -0.15) is 5.10 Å². The van der Waals surface area contributed by atoms with Gasteiger partial charge in [-0.05, 0) is 48.9 Å². The maximum Gasteiger partial charge on any atom is 0.138 e. The van der Waals surface area contributed by atoms with Crippen molar-refractivity contribution in [2.24, 2.45) is 5.10 Å². The predicted octanol–water partition coefficient (Wildman–Crippen LogP) is 5.30. The number of hydrogen-bond donors (Lipinski definition) is 1. The van der Waals surface area contributed by atoms with E-state index >= 15 is 0 Å². The summed E-state index contributed by atoms with van der Waals surface area (Å²) >= 11 is 12.0. The topological polar surface area (TPSA) is 37.3 Å². The van der Waals surface area contributed by atoms with Crippen LogP contribution in [0.3, 0.4) is 0 Å². The zero-order valence-corrected chi connectivity index (χ0v) is 13.4. The van der Waals surface area contributed by atoms with Crippen molar-refractivity contribution in [2.45, 2.75) is 6.92 Å². The Morgan fingerprint density at radius 3 is 2.59 bits per heavy atom. The standard InChI is InChI=1S/C17H13Cl2N3/c1-11-2-3-12-9-13(17(19)21-16(12)8-11)10-20-22-15-6-4-14(18)5-7-15/h2-10,22H,1H3/b20-10+. The average Bonchev–Trinajstić information content (AvgIpc) is 2.50. The Hall–Kier alpha value is -2.10. The van der Waals surface area contributed by atoms with Gasteiger partial charge >= 0.3 is 0 Å². The van der Waals surface area contributed by atoms with Crippen LogP contribution >= 0.6 is 23.2 Å². The van der Waals surface area contributed by atoms with Gasteiger partial charge in [0, 0.05) is 16.0 Å². The van der Waals surface area contributed by atoms with Crippen LogP contribution in [-0.2, 0) is 0 Å². The summed E-state index contributed by atoms with van der Waals surface area (Å²) in [6.45, 7) is 2.03. The van der Waals surface area contributed by atoms with Gasteiger partial charge in [-0.1, -0.05) is 35.3 Å². The van der Waals surface area contributed by atoms with E-state index in [0.717, 1.165) is 27.7 Å². The molecule has 0 aliphatic heterocycles. The van der Waals surface area contributed by atoms with Crippen molar-refractivity contribution < 1.29 is 0 Å². The third-order valence-electron chi connectivity index (χ3n) is 3.20. The maximum atomic E-state index is 6.21. The van der Waals surface area contributed by atoms with Crippen molar-refractivity contribution >= 4 is 46.0 Å². The Balaban J connectivity index is 1.83. The smallest absolute Gasteiger partial charge is 0.138 e. The number of pyridine rings is 1. The molecule has 3 aromatic rings. The molecule has 0 radical (unpaired) electrons. The first kappa shape index (κ1) is 14.8. The van der Waals surface area contributed by atoms with Crippen molar-refractivity contribution in [3.8, 4) is 0 Å². The maximum absolute atomic E-state index is 6.21. The molecule has 110 valence electrons. The Morgan fingerprint density at radius 1 is 1.05 bits per heavy atom. The summed E-state index contributed by atoms with van der Waals surface area (Å²) in [5.74, 6) is 0. The van der Waals surface area contributed by atoms with Crippen molar-refractivity contribution in [2.75, 3.05) is 5.43 Å². The van der Waals surface area contributed by atoms with E-state index in [4.69, 9.17) is 23.2 Å². The van der Waals surface area contributed by atoms with Crippen molar-refractivity contribution in [3.05, 3.63) is 69.8 Å². The summed E-state index contributed by atoms with van der Waals surface area (Å²) in [6, 6.07) is 15.3. The fourth-order valence-corrected chi connectivity index (χ4v) is 2.38. The van der Waals surface area contributed by atoms with Crippen LogP contribution in [0.25, 0.3) is 10.9 Å². The molecule has 3 nitrogen and oxygen atoms in total. The first-order valence-electron chi connectivity index (χ1n) is 6.73. The highest BCUT2D eigenvalue weighted by molar-refractivity contribution is 6.32. The van der Waals surface area contributed by atoms with Crippen LogP contribution in [0.4, 0.5) is 5.69 Å². The molecule has 0 saturated heterocycles. The van der Waals surface area contributed by atoms with E-state index in [1.165, 1.54) is 0 Å². The van der Waals surface area contributed by atoms with E-state index in [-0.39, 0.29) is 0 Å². The second-order valence-corrected chi connectivity index (χ2v) is 5.74. The first-order valence-corrected chi connectivity index (χ1v) is 7.49. The monoisotopic (exact) mass is 329 g/mol. The van der Waals surface area contributed by atoms with Gasteiger partial charge in [0.1, 0.15) is 5.15 Å². The van der Waals surface area contributed by atoms with Crippen LogP contribution in [0.15, 0.2) is 53.6 Å². The molecule has 2 aromatic carbocycles. The molecule has 1 N–H and O–H groups in total. The van der Waals surface area contributed by atoms with Gasteiger partial charge in [0.05, 0.1) is 17.4 Å². The lowest BCUT2D eigenvalue weighted by molar-refractivity contribution is 1.33. The van der Waals surface area contributed by atoms with E-state index in [9.17, 15) is 0 Å². The molecule has 0 aliphatic carbocycles. The second-order valence-electron chi connectivity index (χ2n) is 4.94. The fraction of sp³-hybridized carbons (Fsp3) is 0.0588. The summed E-state index contributed by atoms with van der Waals surface area (Å²) in [5.41, 5.74) is 6.58. The number of fused-ring (bicyclic) bond motifs is 1. The van der Waals surface area contributed by atoms with Crippen LogP contribution in [0.2, 0.25) is 10.2 Å². The summed E-state index contributed by atoms with van der Waals surface area (Å²) < 4.78 is 0. The summed E-state index contributed by atoms with van der Waals surface area (Å²) in [6.07, 6.45) is 1.66. The van der Waals surface area contributed by atoms with Gasteiger partial charge in [0.2, 0.25) is 0 Å². The van der Waals surface area contributed by atoms with E-state index in [1.54, 1.807) is 18.3 Å². The Morgan fingerprint density at radius 2 is 1.82 bits per heavy atom. The molecule has 1 heterocycles. The Bertz CT molecular complexity index is 842. The predicted molar refractivity (Wildman–Crippen MR) is 94.2 cm³/mol. The molecular formula is C17H13Cl2N3. The lowest BCUT2D eigenvalue weighted by Gasteiger charge is -2.03. The van der Waals surface area contributed by atoms with Crippen molar-refractivity contribution in [3.63, 3.8) is 0 Å². The molecule has 0 saturated carbocycles. The highest BCUT2D eigenvalue weighted by Gasteiger charge is 2.03. The van der Waals surface area contributed by atoms with Crippen LogP contribution < -0.4 is 5.43 Å². The number of halogens is 2. The molecule has 0 amide bonds. The minimum Gasteiger partial charge on any atom is -0.279 e. The van der Waals surface area contributed by atoms with E-state index < -0.39 is 0 Å². The third-order valence-corrected chi connectivity index (χ3v) is 3.75. The molecule has 0 aliphatic rings. The summed E-state index contributed by atoms with van der Waals surface area (Å²) in [7, 11) is 0. The number of rotatable bonds is 3. The van der Waals surface area contributed by atoms with Crippen molar-refractivity contribution in [1.82, 2.24) is 4.98 Å². The molecule has 1 aromatic heterocycles. The fourth-order valence-electron chi connectivity index (χ4n) is 2.06. The van der Waals surface area contributed by atoms with Crippen LogP contribution in [0, 0.1) is 6.92 Å². The number of anilines is 1. The van der Waals surface area contributed by atoms with E-state index in [0.29, 0.717) is 10.2 Å².